The molecular weight excluding hydrogens is 328 g/mol. The van der Waals surface area contributed by atoms with Gasteiger partial charge in [-0.1, -0.05) is 55.5 Å². The van der Waals surface area contributed by atoms with Gasteiger partial charge in [0.2, 0.25) is 5.91 Å². The maximum absolute atomic E-state index is 13.1. The van der Waals surface area contributed by atoms with Gasteiger partial charge in [-0.25, -0.2) is 4.79 Å². The van der Waals surface area contributed by atoms with Crippen molar-refractivity contribution >= 4 is 11.9 Å². The highest BCUT2D eigenvalue weighted by Gasteiger charge is 2.36. The number of methoxy groups -OCH3 is 1. The molecule has 0 aliphatic heterocycles. The molecule has 1 aliphatic rings. The SMILES string of the molecule is COC(=O)[C@H](NC(=O)C1c2ccccc2-c2ccccc21)[C@H](C)CC#N. The standard InChI is InChI=1S/C21H20N2O3/c1-13(11-12-22)19(21(25)26-2)23-20(24)18-16-9-5-3-7-14(16)15-8-4-6-10-17(15)18/h3-10,13,18-19H,11H2,1-2H3,(H,23,24)/t13-,19-/m1/s1. The Hall–Kier alpha value is -3.13. The molecule has 0 radical (unpaired) electrons. The van der Waals surface area contributed by atoms with E-state index in [0.29, 0.717) is 0 Å². The topological polar surface area (TPSA) is 79.2 Å². The highest BCUT2D eigenvalue weighted by molar-refractivity contribution is 5.97. The van der Waals surface area contributed by atoms with Crippen LogP contribution in [-0.4, -0.2) is 25.0 Å². The monoisotopic (exact) mass is 348 g/mol. The molecule has 2 atom stereocenters. The fourth-order valence-electron chi connectivity index (χ4n) is 3.50. The van der Waals surface area contributed by atoms with Gasteiger partial charge in [-0.2, -0.15) is 5.26 Å². The summed E-state index contributed by atoms with van der Waals surface area (Å²) in [6.45, 7) is 1.75. The molecule has 2 aromatic carbocycles. The second kappa shape index (κ2) is 7.40. The fraction of sp³-hybridized carbons (Fsp3) is 0.286. The Kier molecular flexibility index (Phi) is 5.04. The third-order valence-corrected chi connectivity index (χ3v) is 4.83. The Bertz CT molecular complexity index is 839. The Morgan fingerprint density at radius 2 is 1.65 bits per heavy atom. The average molecular weight is 348 g/mol. The number of hydrogen-bond donors (Lipinski definition) is 1. The van der Waals surface area contributed by atoms with E-state index in [1.165, 1.54) is 7.11 Å². The molecule has 132 valence electrons. The van der Waals surface area contributed by atoms with Gasteiger partial charge in [0.15, 0.2) is 0 Å². The van der Waals surface area contributed by atoms with Gasteiger partial charge in [0, 0.05) is 12.3 Å². The summed E-state index contributed by atoms with van der Waals surface area (Å²) in [6.07, 6.45) is 0.151. The Morgan fingerprint density at radius 1 is 1.12 bits per heavy atom. The lowest BCUT2D eigenvalue weighted by Gasteiger charge is -2.23. The van der Waals surface area contributed by atoms with Crippen LogP contribution in [0.25, 0.3) is 11.1 Å². The molecule has 0 unspecified atom stereocenters. The molecule has 2 aromatic rings. The lowest BCUT2D eigenvalue weighted by molar-refractivity contribution is -0.146. The number of hydrogen-bond acceptors (Lipinski definition) is 4. The molecule has 5 nitrogen and oxygen atoms in total. The van der Waals surface area contributed by atoms with Crippen LogP contribution in [-0.2, 0) is 14.3 Å². The van der Waals surface area contributed by atoms with Crippen molar-refractivity contribution in [2.75, 3.05) is 7.11 Å². The first-order chi connectivity index (χ1) is 12.6. The number of carbonyl (C=O) groups excluding carboxylic acids is 2. The number of carbonyl (C=O) groups is 2. The molecule has 0 heterocycles. The third kappa shape index (κ3) is 3.06. The van der Waals surface area contributed by atoms with E-state index in [9.17, 15) is 9.59 Å². The molecule has 0 saturated carbocycles. The maximum atomic E-state index is 13.1. The number of ether oxygens (including phenoxy) is 1. The Balaban J connectivity index is 1.94. The molecule has 1 N–H and O–H groups in total. The summed E-state index contributed by atoms with van der Waals surface area (Å²) in [5.74, 6) is -1.63. The largest absolute Gasteiger partial charge is 0.467 e. The predicted molar refractivity (Wildman–Crippen MR) is 97.1 cm³/mol. The van der Waals surface area contributed by atoms with Gasteiger partial charge >= 0.3 is 5.97 Å². The number of esters is 1. The van der Waals surface area contributed by atoms with Crippen LogP contribution in [0.4, 0.5) is 0 Å². The van der Waals surface area contributed by atoms with Crippen LogP contribution >= 0.6 is 0 Å². The van der Waals surface area contributed by atoms with E-state index in [1.807, 2.05) is 54.6 Å². The summed E-state index contributed by atoms with van der Waals surface area (Å²) < 4.78 is 4.82. The van der Waals surface area contributed by atoms with Gasteiger partial charge < -0.3 is 10.1 Å². The number of nitrogens with zero attached hydrogens (tertiary/aromatic N) is 1. The summed E-state index contributed by atoms with van der Waals surface area (Å²) in [6, 6.07) is 16.8. The van der Waals surface area contributed by atoms with E-state index in [1.54, 1.807) is 6.92 Å². The van der Waals surface area contributed by atoms with E-state index in [2.05, 4.69) is 5.32 Å². The van der Waals surface area contributed by atoms with E-state index in [-0.39, 0.29) is 18.2 Å². The summed E-state index contributed by atoms with van der Waals surface area (Å²) in [7, 11) is 1.28. The quantitative estimate of drug-likeness (QED) is 0.843. The molecule has 0 saturated heterocycles. The predicted octanol–water partition coefficient (Wildman–Crippen LogP) is 3.01. The molecule has 26 heavy (non-hydrogen) atoms. The van der Waals surface area contributed by atoms with Gasteiger partial charge in [0.05, 0.1) is 19.1 Å². The van der Waals surface area contributed by atoms with E-state index >= 15 is 0 Å². The van der Waals surface area contributed by atoms with Crippen molar-refractivity contribution < 1.29 is 14.3 Å². The lowest BCUT2D eigenvalue weighted by Crippen LogP contribution is -2.47. The van der Waals surface area contributed by atoms with Crippen LogP contribution in [0.2, 0.25) is 0 Å². The van der Waals surface area contributed by atoms with E-state index in [4.69, 9.17) is 10.00 Å². The summed E-state index contributed by atoms with van der Waals surface area (Å²) in [5, 5.41) is 11.7. The number of nitrogens with one attached hydrogen (secondary N) is 1. The van der Waals surface area contributed by atoms with Crippen molar-refractivity contribution in [3.8, 4) is 17.2 Å². The van der Waals surface area contributed by atoms with Crippen molar-refractivity contribution in [1.82, 2.24) is 5.32 Å². The first-order valence-corrected chi connectivity index (χ1v) is 8.51. The van der Waals surface area contributed by atoms with Gasteiger partial charge in [0.25, 0.3) is 0 Å². The smallest absolute Gasteiger partial charge is 0.328 e. The number of fused-ring (bicyclic) bond motifs is 3. The van der Waals surface area contributed by atoms with Gasteiger partial charge in [0.1, 0.15) is 6.04 Å². The van der Waals surface area contributed by atoms with Gasteiger partial charge in [-0.3, -0.25) is 4.79 Å². The Labute approximate surface area is 152 Å². The molecule has 1 aliphatic carbocycles. The number of amides is 1. The van der Waals surface area contributed by atoms with Gasteiger partial charge in [-0.15, -0.1) is 0 Å². The minimum atomic E-state index is -0.855. The number of rotatable bonds is 5. The van der Waals surface area contributed by atoms with Crippen molar-refractivity contribution in [3.63, 3.8) is 0 Å². The molecule has 0 spiro atoms. The number of nitriles is 1. The van der Waals surface area contributed by atoms with E-state index < -0.39 is 17.9 Å². The second-order valence-electron chi connectivity index (χ2n) is 6.46. The van der Waals surface area contributed by atoms with Crippen LogP contribution in [0, 0.1) is 17.2 Å². The molecule has 1 amide bonds. The lowest BCUT2D eigenvalue weighted by atomic mass is 9.93. The molecule has 0 bridgehead atoms. The summed E-state index contributed by atoms with van der Waals surface area (Å²) >= 11 is 0. The van der Waals surface area contributed by atoms with Crippen molar-refractivity contribution in [2.45, 2.75) is 25.3 Å². The van der Waals surface area contributed by atoms with Crippen LogP contribution in [0.15, 0.2) is 48.5 Å². The summed E-state index contributed by atoms with van der Waals surface area (Å²) in [5.41, 5.74) is 3.90. The number of benzene rings is 2. The van der Waals surface area contributed by atoms with Crippen molar-refractivity contribution in [2.24, 2.45) is 5.92 Å². The van der Waals surface area contributed by atoms with Crippen molar-refractivity contribution in [3.05, 3.63) is 59.7 Å². The Morgan fingerprint density at radius 3 is 2.15 bits per heavy atom. The molecule has 5 heteroatoms. The molecular formula is C21H20N2O3. The third-order valence-electron chi connectivity index (χ3n) is 4.83. The van der Waals surface area contributed by atoms with Crippen LogP contribution in [0.5, 0.6) is 0 Å². The first kappa shape index (κ1) is 17.7. The first-order valence-electron chi connectivity index (χ1n) is 8.51. The minimum absolute atomic E-state index is 0.151. The summed E-state index contributed by atoms with van der Waals surface area (Å²) in [4.78, 5) is 25.2. The molecule has 3 rings (SSSR count). The fourth-order valence-corrected chi connectivity index (χ4v) is 3.50. The zero-order chi connectivity index (χ0) is 18.7. The molecule has 0 fully saturated rings. The van der Waals surface area contributed by atoms with Gasteiger partial charge in [-0.05, 0) is 22.3 Å². The minimum Gasteiger partial charge on any atom is -0.467 e. The van der Waals surface area contributed by atoms with Crippen LogP contribution in [0.3, 0.4) is 0 Å². The zero-order valence-corrected chi connectivity index (χ0v) is 14.7. The van der Waals surface area contributed by atoms with E-state index in [0.717, 1.165) is 22.3 Å². The second-order valence-corrected chi connectivity index (χ2v) is 6.46. The van der Waals surface area contributed by atoms with Crippen molar-refractivity contribution in [1.29, 1.82) is 5.26 Å². The average Bonchev–Trinajstić information content (AvgIpc) is 3.00. The zero-order valence-electron chi connectivity index (χ0n) is 14.7. The normalized spacial score (nSPS) is 14.5. The van der Waals surface area contributed by atoms with Crippen LogP contribution < -0.4 is 5.32 Å². The highest BCUT2D eigenvalue weighted by atomic mass is 16.5. The maximum Gasteiger partial charge on any atom is 0.328 e. The van der Waals surface area contributed by atoms with Crippen LogP contribution in [0.1, 0.15) is 30.4 Å². The highest BCUT2D eigenvalue weighted by Crippen LogP contribution is 2.44. The molecule has 0 aromatic heterocycles.